The van der Waals surface area contributed by atoms with E-state index in [4.69, 9.17) is 0 Å². The van der Waals surface area contributed by atoms with Crippen LogP contribution in [0.3, 0.4) is 0 Å². The fourth-order valence-corrected chi connectivity index (χ4v) is 1.64. The van der Waals surface area contributed by atoms with Crippen molar-refractivity contribution in [1.82, 2.24) is 0 Å². The summed E-state index contributed by atoms with van der Waals surface area (Å²) in [6.45, 7) is 4.38. The molecule has 108 valence electrons. The maximum atomic E-state index is 11.8. The Bertz CT molecular complexity index is 501. The highest BCUT2D eigenvalue weighted by Gasteiger charge is 2.29. The molecule has 2 aromatic rings. The first kappa shape index (κ1) is 16.6. The van der Waals surface area contributed by atoms with E-state index in [1.54, 1.807) is 6.07 Å². The van der Waals surface area contributed by atoms with Crippen LogP contribution in [0.1, 0.15) is 30.9 Å². The topological polar surface area (TPSA) is 0 Å². The van der Waals surface area contributed by atoms with Gasteiger partial charge in [0, 0.05) is 4.90 Å². The minimum absolute atomic E-state index is 0.602. The van der Waals surface area contributed by atoms with Crippen LogP contribution >= 0.6 is 12.6 Å². The largest absolute Gasteiger partial charge is 0.416 e. The van der Waals surface area contributed by atoms with Gasteiger partial charge in [0.1, 0.15) is 0 Å². The van der Waals surface area contributed by atoms with E-state index in [0.29, 0.717) is 5.92 Å². The summed E-state index contributed by atoms with van der Waals surface area (Å²) in [5.74, 6) is 0.619. The number of hydrogen-bond donors (Lipinski definition) is 1. The molecule has 0 spiro atoms. The summed E-state index contributed by atoms with van der Waals surface area (Å²) in [6, 6.07) is 14.7. The van der Waals surface area contributed by atoms with Crippen molar-refractivity contribution in [1.29, 1.82) is 0 Å². The molecule has 4 heteroatoms. The first-order chi connectivity index (χ1) is 9.30. The number of rotatable bonds is 1. The van der Waals surface area contributed by atoms with Gasteiger partial charge in [-0.3, -0.25) is 0 Å². The summed E-state index contributed by atoms with van der Waals surface area (Å²) < 4.78 is 35.4. The van der Waals surface area contributed by atoms with Crippen molar-refractivity contribution in [2.75, 3.05) is 0 Å². The Hall–Kier alpha value is -1.42. The molecular formula is C16H17F3S. The molecule has 0 saturated carbocycles. The van der Waals surface area contributed by atoms with Gasteiger partial charge in [0.25, 0.3) is 0 Å². The van der Waals surface area contributed by atoms with Crippen LogP contribution in [0.4, 0.5) is 13.2 Å². The third-order valence-electron chi connectivity index (χ3n) is 2.66. The zero-order chi connectivity index (χ0) is 15.2. The molecule has 0 fully saturated rings. The van der Waals surface area contributed by atoms with Crippen molar-refractivity contribution in [3.8, 4) is 0 Å². The van der Waals surface area contributed by atoms with Crippen LogP contribution in [-0.4, -0.2) is 0 Å². The Labute approximate surface area is 123 Å². The maximum absolute atomic E-state index is 11.8. The Morgan fingerprint density at radius 3 is 1.70 bits per heavy atom. The number of thiol groups is 1. The molecule has 0 aliphatic heterocycles. The van der Waals surface area contributed by atoms with E-state index in [9.17, 15) is 13.2 Å². The fourth-order valence-electron chi connectivity index (χ4n) is 1.49. The van der Waals surface area contributed by atoms with Gasteiger partial charge in [0.05, 0.1) is 5.56 Å². The molecule has 20 heavy (non-hydrogen) atoms. The molecular weight excluding hydrogens is 281 g/mol. The quantitative estimate of drug-likeness (QED) is 0.632. The van der Waals surface area contributed by atoms with Gasteiger partial charge in [-0.25, -0.2) is 0 Å². The number of benzene rings is 2. The van der Waals surface area contributed by atoms with Crippen LogP contribution in [0.15, 0.2) is 59.5 Å². The highest BCUT2D eigenvalue weighted by molar-refractivity contribution is 7.80. The molecule has 0 saturated heterocycles. The van der Waals surface area contributed by atoms with Crippen molar-refractivity contribution < 1.29 is 13.2 Å². The molecule has 0 aliphatic rings. The predicted octanol–water partition coefficient (Wildman–Crippen LogP) is 5.80. The monoisotopic (exact) mass is 298 g/mol. The van der Waals surface area contributed by atoms with E-state index < -0.39 is 11.7 Å². The van der Waals surface area contributed by atoms with Gasteiger partial charge in [-0.15, -0.1) is 12.6 Å². The minimum atomic E-state index is -4.21. The molecule has 0 heterocycles. The molecule has 2 rings (SSSR count). The molecule has 0 unspecified atom stereocenters. The molecule has 0 amide bonds. The molecule has 0 nitrogen and oxygen atoms in total. The van der Waals surface area contributed by atoms with Gasteiger partial charge < -0.3 is 0 Å². The van der Waals surface area contributed by atoms with Crippen molar-refractivity contribution >= 4 is 12.6 Å². The first-order valence-corrected chi connectivity index (χ1v) is 6.66. The minimum Gasteiger partial charge on any atom is -0.166 e. The smallest absolute Gasteiger partial charge is 0.166 e. The van der Waals surface area contributed by atoms with Crippen LogP contribution in [0.5, 0.6) is 0 Å². The Balaban J connectivity index is 0.000000200. The van der Waals surface area contributed by atoms with E-state index in [1.807, 2.05) is 12.1 Å². The number of alkyl halides is 3. The molecule has 0 atom stereocenters. The van der Waals surface area contributed by atoms with Gasteiger partial charge in [-0.1, -0.05) is 56.3 Å². The van der Waals surface area contributed by atoms with Gasteiger partial charge in [-0.2, -0.15) is 13.2 Å². The van der Waals surface area contributed by atoms with Gasteiger partial charge in [0.2, 0.25) is 0 Å². The number of halogens is 3. The molecule has 0 radical (unpaired) electrons. The van der Waals surface area contributed by atoms with Crippen LogP contribution in [0, 0.1) is 0 Å². The summed E-state index contributed by atoms with van der Waals surface area (Å²) in [5.41, 5.74) is 0.771. The summed E-state index contributed by atoms with van der Waals surface area (Å²) in [6.07, 6.45) is -4.21. The average molecular weight is 298 g/mol. The van der Waals surface area contributed by atoms with Gasteiger partial charge in [-0.05, 0) is 23.6 Å². The van der Waals surface area contributed by atoms with Crippen molar-refractivity contribution in [2.45, 2.75) is 30.8 Å². The molecule has 2 aromatic carbocycles. The normalized spacial score (nSPS) is 10.9. The standard InChI is InChI=1S/C9H12S.C7H5F3/c1-7(2)8-3-5-9(10)6-4-8;8-7(9,10)6-4-2-1-3-5-6/h3-7,10H,1-2H3;1-5H. The first-order valence-electron chi connectivity index (χ1n) is 6.22. The second kappa shape index (κ2) is 7.39. The average Bonchev–Trinajstić information content (AvgIpc) is 2.40. The summed E-state index contributed by atoms with van der Waals surface area (Å²) >= 11 is 4.20. The Kier molecular flexibility index (Phi) is 6.14. The lowest BCUT2D eigenvalue weighted by atomic mass is 10.0. The second-order valence-corrected chi connectivity index (χ2v) is 5.13. The second-order valence-electron chi connectivity index (χ2n) is 4.61. The zero-order valence-corrected chi connectivity index (χ0v) is 12.2. The third-order valence-corrected chi connectivity index (χ3v) is 2.96. The van der Waals surface area contributed by atoms with E-state index in [-0.39, 0.29) is 0 Å². The fraction of sp³-hybridized carbons (Fsp3) is 0.250. The highest BCUT2D eigenvalue weighted by atomic mass is 32.1. The van der Waals surface area contributed by atoms with Crippen LogP contribution in [0.25, 0.3) is 0 Å². The molecule has 0 aromatic heterocycles. The lowest BCUT2D eigenvalue weighted by molar-refractivity contribution is -0.137. The van der Waals surface area contributed by atoms with Gasteiger partial charge >= 0.3 is 6.18 Å². The van der Waals surface area contributed by atoms with E-state index in [1.165, 1.54) is 17.7 Å². The summed E-state index contributed by atoms with van der Waals surface area (Å²) in [5, 5.41) is 0. The molecule has 0 bridgehead atoms. The number of hydrogen-bond acceptors (Lipinski definition) is 1. The van der Waals surface area contributed by atoms with Crippen LogP contribution in [0.2, 0.25) is 0 Å². The predicted molar refractivity (Wildman–Crippen MR) is 79.2 cm³/mol. The van der Waals surface area contributed by atoms with Gasteiger partial charge in [0.15, 0.2) is 0 Å². The van der Waals surface area contributed by atoms with E-state index in [0.717, 1.165) is 17.0 Å². The summed E-state index contributed by atoms with van der Waals surface area (Å²) in [4.78, 5) is 1.03. The summed E-state index contributed by atoms with van der Waals surface area (Å²) in [7, 11) is 0. The van der Waals surface area contributed by atoms with Crippen molar-refractivity contribution in [3.63, 3.8) is 0 Å². The third kappa shape index (κ3) is 5.70. The van der Waals surface area contributed by atoms with E-state index >= 15 is 0 Å². The molecule has 0 N–H and O–H groups in total. The lowest BCUT2D eigenvalue weighted by Gasteiger charge is -2.03. The van der Waals surface area contributed by atoms with Crippen LogP contribution in [-0.2, 0) is 6.18 Å². The maximum Gasteiger partial charge on any atom is 0.416 e. The van der Waals surface area contributed by atoms with Crippen LogP contribution < -0.4 is 0 Å². The van der Waals surface area contributed by atoms with Crippen molar-refractivity contribution in [3.05, 3.63) is 65.7 Å². The Morgan fingerprint density at radius 1 is 0.850 bits per heavy atom. The van der Waals surface area contributed by atoms with E-state index in [2.05, 4.69) is 38.6 Å². The molecule has 0 aliphatic carbocycles. The van der Waals surface area contributed by atoms with Crippen molar-refractivity contribution in [2.24, 2.45) is 0 Å². The Morgan fingerprint density at radius 2 is 1.35 bits per heavy atom. The highest BCUT2D eigenvalue weighted by Crippen LogP contribution is 2.28. The lowest BCUT2D eigenvalue weighted by Crippen LogP contribution is -2.03. The SMILES string of the molecule is CC(C)c1ccc(S)cc1.FC(F)(F)c1ccccc1. The zero-order valence-electron chi connectivity index (χ0n) is 11.4.